The minimum Gasteiger partial charge on any atom is -0.350 e. The van der Waals surface area contributed by atoms with Crippen molar-refractivity contribution in [3.8, 4) is 0 Å². The Morgan fingerprint density at radius 3 is 2.60 bits per heavy atom. The average molecular weight is 431 g/mol. The van der Waals surface area contributed by atoms with E-state index in [0.717, 1.165) is 39.0 Å². The van der Waals surface area contributed by atoms with Gasteiger partial charge in [-0.3, -0.25) is 10.0 Å². The topological polar surface area (TPSA) is 95.3 Å². The largest absolute Gasteiger partial charge is 0.350 e. The molecular weight excluding hydrogens is 404 g/mol. The molecule has 0 aliphatic carbocycles. The number of amides is 1. The zero-order chi connectivity index (χ0) is 20.2. The van der Waals surface area contributed by atoms with Crippen LogP contribution in [0.15, 0.2) is 42.9 Å². The van der Waals surface area contributed by atoms with Gasteiger partial charge in [0.15, 0.2) is 0 Å². The van der Waals surface area contributed by atoms with E-state index in [9.17, 15) is 4.79 Å². The van der Waals surface area contributed by atoms with E-state index < -0.39 is 5.91 Å². The lowest BCUT2D eigenvalue weighted by Gasteiger charge is -2.32. The molecule has 0 atom stereocenters. The third-order valence-electron chi connectivity index (χ3n) is 5.63. The summed E-state index contributed by atoms with van der Waals surface area (Å²) in [5.41, 5.74) is 4.43. The Labute approximate surface area is 181 Å². The molecule has 1 saturated heterocycles. The molecule has 30 heavy (non-hydrogen) atoms. The molecule has 0 radical (unpaired) electrons. The van der Waals surface area contributed by atoms with Crippen molar-refractivity contribution < 1.29 is 10.0 Å². The van der Waals surface area contributed by atoms with E-state index in [4.69, 9.17) is 5.21 Å². The maximum absolute atomic E-state index is 11.4. The molecule has 1 aromatic carbocycles. The molecule has 0 saturated carbocycles. The normalized spacial score (nSPS) is 14.5. The molecule has 1 aliphatic heterocycles. The van der Waals surface area contributed by atoms with E-state index in [2.05, 4.69) is 62.3 Å². The number of hydroxylamine groups is 1. The number of nitrogens with zero attached hydrogens (tertiary/aromatic N) is 4. The fraction of sp³-hybridized carbons (Fsp3) is 0.381. The van der Waals surface area contributed by atoms with Gasteiger partial charge in [-0.2, -0.15) is 0 Å². The number of para-hydroxylation sites is 1. The molecule has 9 heteroatoms. The number of halogens is 1. The minimum absolute atomic E-state index is 0. The van der Waals surface area contributed by atoms with Gasteiger partial charge in [0.25, 0.3) is 5.91 Å². The highest BCUT2D eigenvalue weighted by molar-refractivity contribution is 5.92. The Bertz CT molecular complexity index is 983. The number of carbonyl (C=O) groups excluding carboxylic acids is 1. The van der Waals surface area contributed by atoms with Crippen molar-refractivity contribution in [1.82, 2.24) is 25.3 Å². The van der Waals surface area contributed by atoms with Crippen LogP contribution in [-0.4, -0.2) is 45.3 Å². The van der Waals surface area contributed by atoms with Crippen LogP contribution in [0.1, 0.15) is 28.8 Å². The third-order valence-corrected chi connectivity index (χ3v) is 5.63. The Hall–Kier alpha value is -2.68. The van der Waals surface area contributed by atoms with Gasteiger partial charge < -0.3 is 14.8 Å². The summed E-state index contributed by atoms with van der Waals surface area (Å²) in [5, 5.41) is 13.6. The van der Waals surface area contributed by atoms with Crippen LogP contribution in [-0.2, 0) is 13.6 Å². The van der Waals surface area contributed by atoms with Crippen molar-refractivity contribution in [1.29, 1.82) is 0 Å². The second kappa shape index (κ2) is 9.88. The van der Waals surface area contributed by atoms with Gasteiger partial charge in [0.2, 0.25) is 5.95 Å². The maximum atomic E-state index is 11.4. The van der Waals surface area contributed by atoms with Crippen molar-refractivity contribution in [2.75, 3.05) is 24.5 Å². The Balaban J connectivity index is 0.00000256. The number of aryl methyl sites for hydroxylation is 1. The number of nitrogens with one attached hydrogen (secondary N) is 2. The van der Waals surface area contributed by atoms with E-state index in [-0.39, 0.29) is 18.0 Å². The van der Waals surface area contributed by atoms with Gasteiger partial charge in [-0.1, -0.05) is 18.2 Å². The molecule has 4 rings (SSSR count). The van der Waals surface area contributed by atoms with E-state index >= 15 is 0 Å². The summed E-state index contributed by atoms with van der Waals surface area (Å²) in [6.45, 7) is 3.66. The molecule has 160 valence electrons. The smallest absolute Gasteiger partial charge is 0.277 e. The number of hydrogen-bond donors (Lipinski definition) is 3. The monoisotopic (exact) mass is 430 g/mol. The van der Waals surface area contributed by atoms with Crippen LogP contribution in [0.5, 0.6) is 0 Å². The highest BCUT2D eigenvalue weighted by atomic mass is 35.5. The first kappa shape index (κ1) is 22.0. The van der Waals surface area contributed by atoms with E-state index in [1.54, 1.807) is 5.48 Å². The Kier molecular flexibility index (Phi) is 7.25. The number of aromatic nitrogens is 3. The molecule has 0 unspecified atom stereocenters. The highest BCUT2D eigenvalue weighted by Crippen LogP contribution is 2.22. The van der Waals surface area contributed by atoms with Gasteiger partial charge in [0.1, 0.15) is 0 Å². The average Bonchev–Trinajstić information content (AvgIpc) is 3.10. The Morgan fingerprint density at radius 1 is 1.20 bits per heavy atom. The van der Waals surface area contributed by atoms with Crippen LogP contribution < -0.4 is 15.7 Å². The number of fused-ring (bicyclic) bond motifs is 1. The first-order chi connectivity index (χ1) is 14.2. The van der Waals surface area contributed by atoms with Crippen molar-refractivity contribution >= 4 is 35.2 Å². The zero-order valence-electron chi connectivity index (χ0n) is 16.9. The summed E-state index contributed by atoms with van der Waals surface area (Å²) in [6.07, 6.45) is 7.23. The van der Waals surface area contributed by atoms with Crippen molar-refractivity contribution in [3.63, 3.8) is 0 Å². The van der Waals surface area contributed by atoms with Crippen molar-refractivity contribution in [2.45, 2.75) is 19.4 Å². The first-order valence-corrected chi connectivity index (χ1v) is 9.91. The van der Waals surface area contributed by atoms with Gasteiger partial charge in [0.05, 0.1) is 5.56 Å². The van der Waals surface area contributed by atoms with Crippen LogP contribution in [0.4, 0.5) is 5.95 Å². The molecular formula is C21H27ClN6O2. The van der Waals surface area contributed by atoms with E-state index in [0.29, 0.717) is 11.9 Å². The number of carbonyl (C=O) groups is 1. The molecule has 1 fully saturated rings. The summed E-state index contributed by atoms with van der Waals surface area (Å²) >= 11 is 0. The summed E-state index contributed by atoms with van der Waals surface area (Å²) < 4.78 is 2.18. The number of anilines is 1. The molecule has 8 nitrogen and oxygen atoms in total. The van der Waals surface area contributed by atoms with Gasteiger partial charge >= 0.3 is 0 Å². The second-order valence-corrected chi connectivity index (χ2v) is 7.56. The van der Waals surface area contributed by atoms with Gasteiger partial charge in [-0.25, -0.2) is 15.4 Å². The van der Waals surface area contributed by atoms with Crippen LogP contribution in [0.2, 0.25) is 0 Å². The van der Waals surface area contributed by atoms with Gasteiger partial charge in [0, 0.05) is 56.2 Å². The number of piperidine rings is 1. The summed E-state index contributed by atoms with van der Waals surface area (Å²) in [7, 11) is 2.09. The zero-order valence-corrected chi connectivity index (χ0v) is 17.7. The third kappa shape index (κ3) is 4.72. The fourth-order valence-corrected chi connectivity index (χ4v) is 3.98. The van der Waals surface area contributed by atoms with Crippen LogP contribution in [0, 0.1) is 5.92 Å². The first-order valence-electron chi connectivity index (χ1n) is 9.91. The SMILES string of the molecule is Cl.Cn1cc(CNCC2CCN(c3ncc(C(=O)NO)cn3)CC2)c2ccccc21. The molecule has 3 N–H and O–H groups in total. The molecule has 3 heterocycles. The predicted molar refractivity (Wildman–Crippen MR) is 118 cm³/mol. The molecule has 2 aromatic heterocycles. The molecule has 3 aromatic rings. The maximum Gasteiger partial charge on any atom is 0.277 e. The number of rotatable bonds is 6. The van der Waals surface area contributed by atoms with Crippen LogP contribution >= 0.6 is 12.4 Å². The summed E-state index contributed by atoms with van der Waals surface area (Å²) in [5.74, 6) is 0.648. The number of hydrogen-bond acceptors (Lipinski definition) is 6. The summed E-state index contributed by atoms with van der Waals surface area (Å²) in [6, 6.07) is 8.50. The molecule has 0 bridgehead atoms. The Morgan fingerprint density at radius 2 is 1.90 bits per heavy atom. The predicted octanol–water partition coefficient (Wildman–Crippen LogP) is 2.52. The van der Waals surface area contributed by atoms with Gasteiger partial charge in [-0.15, -0.1) is 12.4 Å². The van der Waals surface area contributed by atoms with Crippen molar-refractivity contribution in [3.05, 3.63) is 54.0 Å². The molecule has 1 amide bonds. The summed E-state index contributed by atoms with van der Waals surface area (Å²) in [4.78, 5) is 22.0. The molecule has 1 aliphatic rings. The van der Waals surface area contributed by atoms with Crippen LogP contribution in [0.25, 0.3) is 10.9 Å². The van der Waals surface area contributed by atoms with E-state index in [1.807, 2.05) is 0 Å². The fourth-order valence-electron chi connectivity index (χ4n) is 3.98. The van der Waals surface area contributed by atoms with E-state index in [1.165, 1.54) is 28.9 Å². The molecule has 0 spiro atoms. The van der Waals surface area contributed by atoms with Crippen molar-refractivity contribution in [2.24, 2.45) is 13.0 Å². The highest BCUT2D eigenvalue weighted by Gasteiger charge is 2.21. The lowest BCUT2D eigenvalue weighted by molar-refractivity contribution is 0.0705. The minimum atomic E-state index is -0.604. The standard InChI is InChI=1S/C21H26N6O2.ClH/c1-26-14-17(18-4-2-3-5-19(18)26)11-22-10-15-6-8-27(9-7-15)21-23-12-16(13-24-21)20(28)25-29;/h2-5,12-15,22,29H,6-11H2,1H3,(H,25,28);1H. The lowest BCUT2D eigenvalue weighted by atomic mass is 9.97. The second-order valence-electron chi connectivity index (χ2n) is 7.56. The quantitative estimate of drug-likeness (QED) is 0.411. The lowest BCUT2D eigenvalue weighted by Crippen LogP contribution is -2.38. The number of benzene rings is 1. The van der Waals surface area contributed by atoms with Gasteiger partial charge in [-0.05, 0) is 36.9 Å². The van der Waals surface area contributed by atoms with Crippen LogP contribution in [0.3, 0.4) is 0 Å².